The molecule has 0 bridgehead atoms. The first-order valence-corrected chi connectivity index (χ1v) is 13.3. The number of fused-ring (bicyclic) bond motifs is 1. The van der Waals surface area contributed by atoms with Crippen molar-refractivity contribution in [2.75, 3.05) is 13.7 Å². The first-order chi connectivity index (χ1) is 20.2. The van der Waals surface area contributed by atoms with Gasteiger partial charge in [-0.25, -0.2) is 26.9 Å². The van der Waals surface area contributed by atoms with E-state index in [0.717, 1.165) is 24.3 Å². The van der Waals surface area contributed by atoms with E-state index in [4.69, 9.17) is 4.74 Å². The smallest absolute Gasteiger partial charge is 0.282 e. The molecule has 13 heteroatoms. The highest BCUT2D eigenvalue weighted by atomic mass is 19.3. The number of amides is 1. The molecule has 4 aromatic rings. The second-order valence-electron chi connectivity index (χ2n) is 11.0. The third kappa shape index (κ3) is 5.87. The van der Waals surface area contributed by atoms with Crippen molar-refractivity contribution in [1.29, 1.82) is 0 Å². The van der Waals surface area contributed by atoms with E-state index < -0.39 is 64.8 Å². The Hall–Kier alpha value is -4.23. The summed E-state index contributed by atoms with van der Waals surface area (Å²) in [5.41, 5.74) is -4.91. The number of methoxy groups -OCH3 is 1. The van der Waals surface area contributed by atoms with Crippen LogP contribution in [-0.4, -0.2) is 45.0 Å². The number of rotatable bonds is 9. The molecular weight excluding hydrogens is 575 g/mol. The number of pyridine rings is 1. The predicted octanol–water partition coefficient (Wildman–Crippen LogP) is 5.31. The van der Waals surface area contributed by atoms with Gasteiger partial charge in [0.05, 0.1) is 24.9 Å². The number of hydrogen-bond donors (Lipinski definition) is 3. The van der Waals surface area contributed by atoms with Crippen LogP contribution in [0, 0.1) is 23.4 Å². The fourth-order valence-corrected chi connectivity index (χ4v) is 4.89. The van der Waals surface area contributed by atoms with Crippen LogP contribution in [0.5, 0.6) is 5.75 Å². The van der Waals surface area contributed by atoms with Crippen LogP contribution in [0.3, 0.4) is 0 Å². The monoisotopic (exact) mass is 602 g/mol. The van der Waals surface area contributed by atoms with E-state index in [1.165, 1.54) is 39.2 Å². The molecule has 8 nitrogen and oxygen atoms in total. The number of aliphatic hydroxyl groups is 2. The molecule has 0 spiro atoms. The van der Waals surface area contributed by atoms with Crippen LogP contribution in [0.25, 0.3) is 22.2 Å². The average molecular weight is 603 g/mol. The van der Waals surface area contributed by atoms with Crippen LogP contribution < -0.4 is 10.1 Å². The largest absolute Gasteiger partial charge is 0.494 e. The van der Waals surface area contributed by atoms with Gasteiger partial charge >= 0.3 is 0 Å². The van der Waals surface area contributed by atoms with Crippen molar-refractivity contribution in [1.82, 2.24) is 20.5 Å². The molecule has 0 aliphatic heterocycles. The number of carbonyl (C=O) groups is 1. The molecule has 2 heterocycles. The van der Waals surface area contributed by atoms with Crippen LogP contribution in [0.1, 0.15) is 60.4 Å². The summed E-state index contributed by atoms with van der Waals surface area (Å²) in [5.74, 6) is -4.37. The second kappa shape index (κ2) is 11.1. The summed E-state index contributed by atoms with van der Waals surface area (Å²) in [7, 11) is 1.32. The first kappa shape index (κ1) is 30.2. The summed E-state index contributed by atoms with van der Waals surface area (Å²) in [6.45, 7) is 2.23. The van der Waals surface area contributed by atoms with Gasteiger partial charge in [-0.1, -0.05) is 0 Å². The zero-order valence-electron chi connectivity index (χ0n) is 23.3. The van der Waals surface area contributed by atoms with Crippen molar-refractivity contribution in [3.8, 4) is 17.0 Å². The number of alkyl halides is 2. The van der Waals surface area contributed by atoms with Crippen molar-refractivity contribution in [3.05, 3.63) is 82.4 Å². The van der Waals surface area contributed by atoms with E-state index in [1.807, 2.05) is 0 Å². The molecule has 2 aromatic carbocycles. The molecule has 3 N–H and O–H groups in total. The maximum Gasteiger partial charge on any atom is 0.282 e. The standard InChI is InChI=1S/C30H27F5N4O4/c1-29(2,41)18-12-23(37-26(24(18)33)14-4-7-19(31)20(32)9-14)30(42,17-5-6-17)13-36-28(40)16-8-15-10-21(27(34)35)38-39-25(15)22(11-16)43-3/h4,7-12,17,27,41-42H,5-6,13H2,1-3H3,(H,36,40). The zero-order chi connectivity index (χ0) is 31.3. The topological polar surface area (TPSA) is 117 Å². The lowest BCUT2D eigenvalue weighted by molar-refractivity contribution is 0.00864. The number of ether oxygens (including phenoxy) is 1. The molecule has 1 amide bonds. The van der Waals surface area contributed by atoms with Gasteiger partial charge in [-0.3, -0.25) is 4.79 Å². The molecule has 226 valence electrons. The lowest BCUT2D eigenvalue weighted by atomic mass is 9.87. The van der Waals surface area contributed by atoms with E-state index in [1.54, 1.807) is 0 Å². The zero-order valence-corrected chi connectivity index (χ0v) is 23.3. The van der Waals surface area contributed by atoms with Gasteiger partial charge in [0.1, 0.15) is 28.3 Å². The molecule has 2 aromatic heterocycles. The Morgan fingerprint density at radius 1 is 1.05 bits per heavy atom. The Morgan fingerprint density at radius 2 is 1.77 bits per heavy atom. The minimum absolute atomic E-state index is 0.0161. The van der Waals surface area contributed by atoms with E-state index in [-0.39, 0.29) is 39.0 Å². The number of nitrogens with zero attached hydrogens (tertiary/aromatic N) is 3. The normalized spacial score (nSPS) is 15.0. The van der Waals surface area contributed by atoms with Crippen LogP contribution in [0.2, 0.25) is 0 Å². The van der Waals surface area contributed by atoms with Gasteiger partial charge in [0.2, 0.25) is 0 Å². The van der Waals surface area contributed by atoms with Crippen molar-refractivity contribution < 1.29 is 41.7 Å². The fourth-order valence-electron chi connectivity index (χ4n) is 4.89. The van der Waals surface area contributed by atoms with Gasteiger partial charge in [0.25, 0.3) is 12.3 Å². The number of halogens is 5. The fraction of sp³-hybridized carbons (Fsp3) is 0.333. The number of nitrogens with one attached hydrogen (secondary N) is 1. The number of benzene rings is 2. The summed E-state index contributed by atoms with van der Waals surface area (Å²) in [6.07, 6.45) is -1.80. The Labute approximate surface area is 242 Å². The van der Waals surface area contributed by atoms with Gasteiger partial charge in [0.15, 0.2) is 17.5 Å². The van der Waals surface area contributed by atoms with Gasteiger partial charge < -0.3 is 20.3 Å². The molecule has 1 unspecified atom stereocenters. The molecule has 1 aliphatic carbocycles. The highest BCUT2D eigenvalue weighted by Gasteiger charge is 2.47. The van der Waals surface area contributed by atoms with Crippen molar-refractivity contribution in [3.63, 3.8) is 0 Å². The maximum atomic E-state index is 15.6. The van der Waals surface area contributed by atoms with Crippen molar-refractivity contribution >= 4 is 16.8 Å². The molecule has 5 rings (SSSR count). The molecule has 0 saturated heterocycles. The molecule has 43 heavy (non-hydrogen) atoms. The Bertz CT molecular complexity index is 1730. The number of aromatic nitrogens is 3. The first-order valence-electron chi connectivity index (χ1n) is 13.3. The van der Waals surface area contributed by atoms with Crippen LogP contribution in [0.15, 0.2) is 42.5 Å². The Morgan fingerprint density at radius 3 is 2.37 bits per heavy atom. The van der Waals surface area contributed by atoms with Crippen molar-refractivity contribution in [2.45, 2.75) is 44.3 Å². The quantitative estimate of drug-likeness (QED) is 0.222. The van der Waals surface area contributed by atoms with Crippen LogP contribution in [0.4, 0.5) is 22.0 Å². The highest BCUT2D eigenvalue weighted by Crippen LogP contribution is 2.46. The van der Waals surface area contributed by atoms with Gasteiger partial charge in [-0.2, -0.15) is 0 Å². The summed E-state index contributed by atoms with van der Waals surface area (Å²) < 4.78 is 75.0. The minimum Gasteiger partial charge on any atom is -0.494 e. The van der Waals surface area contributed by atoms with Crippen molar-refractivity contribution in [2.24, 2.45) is 5.92 Å². The molecule has 0 radical (unpaired) electrons. The Balaban J connectivity index is 1.53. The SMILES string of the molecule is COc1cc(C(=O)NCC(O)(c2cc(C(C)(C)O)c(F)c(-c3ccc(F)c(F)c3)n2)C2CC2)cc2cc(C(F)F)nnc12. The predicted molar refractivity (Wildman–Crippen MR) is 145 cm³/mol. The van der Waals surface area contributed by atoms with E-state index in [0.29, 0.717) is 12.8 Å². The third-order valence-corrected chi connectivity index (χ3v) is 7.40. The molecule has 1 fully saturated rings. The minimum atomic E-state index is -2.89. The van der Waals surface area contributed by atoms with Gasteiger partial charge in [0, 0.05) is 22.1 Å². The van der Waals surface area contributed by atoms with E-state index in [9.17, 15) is 32.6 Å². The molecule has 1 atom stereocenters. The third-order valence-electron chi connectivity index (χ3n) is 7.40. The summed E-state index contributed by atoms with van der Waals surface area (Å²) >= 11 is 0. The lowest BCUT2D eigenvalue weighted by Gasteiger charge is -2.31. The van der Waals surface area contributed by atoms with Crippen LogP contribution in [-0.2, 0) is 11.2 Å². The molecule has 1 aliphatic rings. The van der Waals surface area contributed by atoms with Gasteiger partial charge in [-0.15, -0.1) is 10.2 Å². The average Bonchev–Trinajstić information content (AvgIpc) is 3.82. The van der Waals surface area contributed by atoms with Gasteiger partial charge in [-0.05, 0) is 75.1 Å². The molecular formula is C30H27F5N4O4. The highest BCUT2D eigenvalue weighted by molar-refractivity contribution is 5.99. The van der Waals surface area contributed by atoms with Crippen LogP contribution >= 0.6 is 0 Å². The number of carbonyl (C=O) groups excluding carboxylic acids is 1. The Kier molecular flexibility index (Phi) is 7.82. The summed E-state index contributed by atoms with van der Waals surface area (Å²) in [6, 6.07) is 7.63. The van der Waals surface area contributed by atoms with E-state index >= 15 is 4.39 Å². The van der Waals surface area contributed by atoms with E-state index in [2.05, 4.69) is 20.5 Å². The number of hydrogen-bond acceptors (Lipinski definition) is 7. The lowest BCUT2D eigenvalue weighted by Crippen LogP contribution is -2.43. The summed E-state index contributed by atoms with van der Waals surface area (Å²) in [4.78, 5) is 17.6. The maximum absolute atomic E-state index is 15.6. The second-order valence-corrected chi connectivity index (χ2v) is 11.0. The molecule has 1 saturated carbocycles. The summed E-state index contributed by atoms with van der Waals surface area (Å²) in [5, 5.41) is 32.7.